The summed E-state index contributed by atoms with van der Waals surface area (Å²) in [6.45, 7) is 8.58. The lowest BCUT2D eigenvalue weighted by atomic mass is 9.41. The Morgan fingerprint density at radius 2 is 1.57 bits per heavy atom. The minimum Gasteiger partial charge on any atom is -0.463 e. The standard InChI is InChI=1S/C29H48O6/c1-8-18-20-11-9-10-15-28(20,3)22-14-16-29(4)19(17(2)24(30)26(31)32-5)12-13-21(29)23(22)25(18)35-27(33-6)34-7/h17-23,25,27H,8-16H2,1-7H3/t17-,18+,19+,20-,21-,22-,23-,25+,28-,29+/m0/s1. The van der Waals surface area contributed by atoms with E-state index >= 15 is 0 Å². The number of carbonyl (C=O) groups is 2. The molecule has 0 bridgehead atoms. The van der Waals surface area contributed by atoms with Crippen molar-refractivity contribution in [3.8, 4) is 0 Å². The summed E-state index contributed by atoms with van der Waals surface area (Å²) in [6.07, 6.45) is 10.8. The lowest BCUT2D eigenvalue weighted by molar-refractivity contribution is -0.325. The lowest BCUT2D eigenvalue weighted by Crippen LogP contribution is -2.62. The van der Waals surface area contributed by atoms with E-state index < -0.39 is 12.4 Å². The highest BCUT2D eigenvalue weighted by molar-refractivity contribution is 6.34. The molecule has 0 heterocycles. The number of esters is 1. The van der Waals surface area contributed by atoms with Crippen LogP contribution in [0.3, 0.4) is 0 Å². The molecule has 4 fully saturated rings. The zero-order valence-corrected chi connectivity index (χ0v) is 23.0. The average molecular weight is 493 g/mol. The largest absolute Gasteiger partial charge is 0.463 e. The average Bonchev–Trinajstić information content (AvgIpc) is 3.22. The van der Waals surface area contributed by atoms with E-state index in [4.69, 9.17) is 18.9 Å². The van der Waals surface area contributed by atoms with Crippen LogP contribution in [0.1, 0.15) is 85.5 Å². The van der Waals surface area contributed by atoms with Gasteiger partial charge < -0.3 is 18.9 Å². The molecule has 35 heavy (non-hydrogen) atoms. The molecular formula is C29H48O6. The predicted octanol–water partition coefficient (Wildman–Crippen LogP) is 5.62. The van der Waals surface area contributed by atoms with Crippen molar-refractivity contribution in [3.63, 3.8) is 0 Å². The van der Waals surface area contributed by atoms with E-state index in [0.717, 1.165) is 25.7 Å². The molecular weight excluding hydrogens is 444 g/mol. The number of methoxy groups -OCH3 is 3. The third kappa shape index (κ3) is 4.29. The van der Waals surface area contributed by atoms with Crippen molar-refractivity contribution in [1.82, 2.24) is 0 Å². The smallest absolute Gasteiger partial charge is 0.374 e. The van der Waals surface area contributed by atoms with Gasteiger partial charge in [0.2, 0.25) is 5.78 Å². The second-order valence-electron chi connectivity index (χ2n) is 12.5. The molecule has 0 radical (unpaired) electrons. The van der Waals surface area contributed by atoms with Gasteiger partial charge in [0.1, 0.15) is 0 Å². The number of rotatable bonds is 8. The number of ether oxygens (including phenoxy) is 4. The van der Waals surface area contributed by atoms with E-state index in [1.165, 1.54) is 39.2 Å². The number of hydrogen-bond acceptors (Lipinski definition) is 6. The predicted molar refractivity (Wildman–Crippen MR) is 133 cm³/mol. The molecule has 6 nitrogen and oxygen atoms in total. The summed E-state index contributed by atoms with van der Waals surface area (Å²) in [5.41, 5.74) is 0.351. The van der Waals surface area contributed by atoms with Gasteiger partial charge in [-0.25, -0.2) is 4.79 Å². The van der Waals surface area contributed by atoms with E-state index in [9.17, 15) is 9.59 Å². The minimum absolute atomic E-state index is 0.0116. The highest BCUT2D eigenvalue weighted by Crippen LogP contribution is 2.70. The van der Waals surface area contributed by atoms with E-state index in [-0.39, 0.29) is 29.1 Å². The van der Waals surface area contributed by atoms with Gasteiger partial charge in [0.15, 0.2) is 0 Å². The Balaban J connectivity index is 1.72. The fraction of sp³-hybridized carbons (Fsp3) is 0.931. The van der Waals surface area contributed by atoms with Gasteiger partial charge in [0.05, 0.1) is 13.2 Å². The first-order chi connectivity index (χ1) is 16.7. The Bertz CT molecular complexity index is 779. The van der Waals surface area contributed by atoms with Crippen LogP contribution in [0.15, 0.2) is 0 Å². The first-order valence-corrected chi connectivity index (χ1v) is 14.0. The van der Waals surface area contributed by atoms with Crippen LogP contribution in [0, 0.1) is 52.3 Å². The Labute approximate surface area is 212 Å². The highest BCUT2D eigenvalue weighted by atomic mass is 16.8. The monoisotopic (exact) mass is 492 g/mol. The second-order valence-corrected chi connectivity index (χ2v) is 12.5. The van der Waals surface area contributed by atoms with Gasteiger partial charge in [-0.2, -0.15) is 0 Å². The van der Waals surface area contributed by atoms with Crippen molar-refractivity contribution in [2.24, 2.45) is 52.3 Å². The molecule has 6 heteroatoms. The second kappa shape index (κ2) is 10.4. The Hall–Kier alpha value is -0.980. The van der Waals surface area contributed by atoms with Gasteiger partial charge in [-0.05, 0) is 84.9 Å². The van der Waals surface area contributed by atoms with Crippen LogP contribution in [0.5, 0.6) is 0 Å². The number of Topliss-reactive ketones (excluding diaryl/α,β-unsaturated/α-hetero) is 1. The van der Waals surface area contributed by atoms with Gasteiger partial charge in [-0.15, -0.1) is 0 Å². The zero-order valence-electron chi connectivity index (χ0n) is 23.0. The normalized spacial score (nSPS) is 43.7. The van der Waals surface area contributed by atoms with Crippen LogP contribution in [0.4, 0.5) is 0 Å². The van der Waals surface area contributed by atoms with E-state index in [1.807, 2.05) is 6.92 Å². The molecule has 0 aromatic rings. The first-order valence-electron chi connectivity index (χ1n) is 14.0. The van der Waals surface area contributed by atoms with Crippen LogP contribution in [-0.4, -0.2) is 45.7 Å². The van der Waals surface area contributed by atoms with Crippen LogP contribution in [0.2, 0.25) is 0 Å². The third-order valence-electron chi connectivity index (χ3n) is 11.4. The summed E-state index contributed by atoms with van der Waals surface area (Å²) in [6, 6.07) is 0. The quantitative estimate of drug-likeness (QED) is 0.249. The summed E-state index contributed by atoms with van der Waals surface area (Å²) in [7, 11) is 4.60. The fourth-order valence-corrected chi connectivity index (χ4v) is 9.86. The molecule has 4 saturated carbocycles. The molecule has 0 spiro atoms. The molecule has 0 saturated heterocycles. The molecule has 0 unspecified atom stereocenters. The van der Waals surface area contributed by atoms with Crippen molar-refractivity contribution >= 4 is 11.8 Å². The van der Waals surface area contributed by atoms with Gasteiger partial charge in [-0.1, -0.05) is 47.0 Å². The summed E-state index contributed by atoms with van der Waals surface area (Å²) in [5, 5.41) is 0. The molecule has 0 amide bonds. The molecule has 10 atom stereocenters. The maximum atomic E-state index is 12.9. The van der Waals surface area contributed by atoms with Crippen molar-refractivity contribution in [3.05, 3.63) is 0 Å². The molecule has 0 aromatic carbocycles. The molecule has 4 aliphatic carbocycles. The van der Waals surface area contributed by atoms with Crippen LogP contribution in [0.25, 0.3) is 0 Å². The van der Waals surface area contributed by atoms with Crippen LogP contribution in [-0.2, 0) is 28.5 Å². The topological polar surface area (TPSA) is 71.1 Å². The third-order valence-corrected chi connectivity index (χ3v) is 11.4. The SMILES string of the molecule is CC[C@H]1[C@@H](OC(OC)OC)[C@@H]2[C@H](CC[C@]3(C)[C@@H]([C@H](C)C(=O)C(=O)OC)CC[C@@H]23)[C@@]2(C)CCCC[C@@H]12. The van der Waals surface area contributed by atoms with E-state index in [0.29, 0.717) is 35.0 Å². The zero-order chi connectivity index (χ0) is 25.5. The maximum Gasteiger partial charge on any atom is 0.374 e. The summed E-state index contributed by atoms with van der Waals surface area (Å²) in [4.78, 5) is 25.0. The van der Waals surface area contributed by atoms with Gasteiger partial charge in [0, 0.05) is 20.1 Å². The molecule has 4 aliphatic rings. The number of hydrogen-bond donors (Lipinski definition) is 0. The molecule has 0 aromatic heterocycles. The van der Waals surface area contributed by atoms with Crippen molar-refractivity contribution < 1.29 is 28.5 Å². The maximum absolute atomic E-state index is 12.9. The molecule has 0 aliphatic heterocycles. The molecule has 200 valence electrons. The van der Waals surface area contributed by atoms with Crippen LogP contribution < -0.4 is 0 Å². The highest BCUT2D eigenvalue weighted by Gasteiger charge is 2.65. The van der Waals surface area contributed by atoms with Gasteiger partial charge in [-0.3, -0.25) is 4.79 Å². The summed E-state index contributed by atoms with van der Waals surface area (Å²) < 4.78 is 22.6. The fourth-order valence-electron chi connectivity index (χ4n) is 9.86. The van der Waals surface area contributed by atoms with Crippen LogP contribution >= 0.6 is 0 Å². The van der Waals surface area contributed by atoms with E-state index in [2.05, 4.69) is 20.8 Å². The number of fused-ring (bicyclic) bond motifs is 5. The summed E-state index contributed by atoms with van der Waals surface area (Å²) >= 11 is 0. The van der Waals surface area contributed by atoms with Crippen molar-refractivity contribution in [2.75, 3.05) is 21.3 Å². The van der Waals surface area contributed by atoms with Crippen molar-refractivity contribution in [2.45, 2.75) is 98.1 Å². The molecule has 4 rings (SSSR count). The minimum atomic E-state index is -0.705. The Morgan fingerprint density at radius 1 is 0.886 bits per heavy atom. The Morgan fingerprint density at radius 3 is 2.20 bits per heavy atom. The Kier molecular flexibility index (Phi) is 8.05. The first kappa shape index (κ1) is 27.1. The summed E-state index contributed by atoms with van der Waals surface area (Å²) in [5.74, 6) is 1.43. The van der Waals surface area contributed by atoms with Gasteiger partial charge in [0.25, 0.3) is 6.48 Å². The van der Waals surface area contributed by atoms with Crippen molar-refractivity contribution in [1.29, 1.82) is 0 Å². The molecule has 0 N–H and O–H groups in total. The van der Waals surface area contributed by atoms with E-state index in [1.54, 1.807) is 14.2 Å². The number of ketones is 1. The lowest BCUT2D eigenvalue weighted by Gasteiger charge is -2.65. The van der Waals surface area contributed by atoms with Gasteiger partial charge >= 0.3 is 5.97 Å². The number of carbonyl (C=O) groups excluding carboxylic acids is 2.